The summed E-state index contributed by atoms with van der Waals surface area (Å²) in [7, 11) is 0. The van der Waals surface area contributed by atoms with Gasteiger partial charge in [-0.15, -0.1) is 0 Å². The van der Waals surface area contributed by atoms with E-state index in [1.165, 1.54) is 0 Å². The molecular weight excluding hydrogens is 562 g/mol. The van der Waals surface area contributed by atoms with Crippen LogP contribution in [0.3, 0.4) is 0 Å². The van der Waals surface area contributed by atoms with Gasteiger partial charge in [0.1, 0.15) is 0 Å². The van der Waals surface area contributed by atoms with Crippen LogP contribution in [0.15, 0.2) is 24.3 Å². The van der Waals surface area contributed by atoms with Crippen LogP contribution in [0.5, 0.6) is 0 Å². The fourth-order valence-corrected chi connectivity index (χ4v) is 2.62. The van der Waals surface area contributed by atoms with E-state index in [-0.39, 0.29) is 5.92 Å². The van der Waals surface area contributed by atoms with Crippen molar-refractivity contribution in [1.29, 1.82) is 0 Å². The maximum absolute atomic E-state index is 13.9. The Kier molecular flexibility index (Phi) is 8.55. The summed E-state index contributed by atoms with van der Waals surface area (Å²) < 4.78 is 213. The van der Waals surface area contributed by atoms with Crippen molar-refractivity contribution in [3.63, 3.8) is 0 Å². The Labute approximate surface area is 197 Å². The number of hydrogen-bond acceptors (Lipinski definition) is 1. The molecule has 0 saturated carbocycles. The second-order valence-electron chi connectivity index (χ2n) is 7.76. The average Bonchev–Trinajstić information content (AvgIpc) is 2.77. The van der Waals surface area contributed by atoms with Gasteiger partial charge in [0.15, 0.2) is 0 Å². The maximum atomic E-state index is 13.9. The lowest BCUT2D eigenvalue weighted by Crippen LogP contribution is -2.74. The molecule has 0 aromatic heterocycles. The van der Waals surface area contributed by atoms with Crippen molar-refractivity contribution < 1.29 is 75.0 Å². The van der Waals surface area contributed by atoms with Crippen LogP contribution in [0.1, 0.15) is 31.7 Å². The van der Waals surface area contributed by atoms with Gasteiger partial charge in [0.05, 0.1) is 0 Å². The van der Waals surface area contributed by atoms with E-state index in [9.17, 15) is 75.0 Å². The van der Waals surface area contributed by atoms with Gasteiger partial charge in [-0.1, -0.05) is 26.0 Å². The van der Waals surface area contributed by atoms with Crippen LogP contribution >= 0.6 is 0 Å². The van der Waals surface area contributed by atoms with E-state index < -0.39 is 59.5 Å². The number of alkyl halides is 16. The third-order valence-electron chi connectivity index (χ3n) is 5.30. The normalized spacial score (nSPS) is 15.6. The van der Waals surface area contributed by atoms with Crippen LogP contribution in [0.4, 0.5) is 75.9 Å². The molecule has 0 aliphatic heterocycles. The molecule has 0 heterocycles. The number of hydrogen-bond donors (Lipinski definition) is 1. The van der Waals surface area contributed by atoms with Gasteiger partial charge in [0, 0.05) is 5.69 Å². The van der Waals surface area contributed by atoms with Gasteiger partial charge >= 0.3 is 53.8 Å². The van der Waals surface area contributed by atoms with E-state index in [1.807, 2.05) is 0 Å². The van der Waals surface area contributed by atoms with E-state index in [2.05, 4.69) is 0 Å². The number of nitrogens with one attached hydrogen (secondary N) is 1. The summed E-state index contributed by atoms with van der Waals surface area (Å²) in [6.07, 6.45) is -5.39. The molecule has 1 aromatic rings. The van der Waals surface area contributed by atoms with Crippen molar-refractivity contribution in [2.45, 2.75) is 74.1 Å². The average molecular weight is 577 g/mol. The molecule has 0 bridgehead atoms. The second kappa shape index (κ2) is 9.71. The van der Waals surface area contributed by atoms with Crippen molar-refractivity contribution in [2.24, 2.45) is 0 Å². The summed E-state index contributed by atoms with van der Waals surface area (Å²) in [5.74, 6) is -59.8. The molecular formula is C19H15F16NO. The van der Waals surface area contributed by atoms with E-state index in [0.717, 1.165) is 29.6 Å². The zero-order valence-corrected chi connectivity index (χ0v) is 18.1. The summed E-state index contributed by atoms with van der Waals surface area (Å²) >= 11 is 0. The second-order valence-corrected chi connectivity index (χ2v) is 7.76. The van der Waals surface area contributed by atoms with Gasteiger partial charge in [0.2, 0.25) is 0 Å². The van der Waals surface area contributed by atoms with Crippen molar-refractivity contribution in [2.75, 3.05) is 5.32 Å². The Morgan fingerprint density at radius 1 is 0.703 bits per heavy atom. The lowest BCUT2D eigenvalue weighted by atomic mass is 9.89. The number of carbonyl (C=O) groups is 1. The zero-order valence-electron chi connectivity index (χ0n) is 18.1. The van der Waals surface area contributed by atoms with Crippen molar-refractivity contribution in [3.8, 4) is 0 Å². The SMILES string of the molecule is CCC(C)c1ccc(NC(=O)C(F)(F)C(F)(F)C(F)(F)C(F)(F)C(F)(F)C(F)(F)C(F)(F)C(F)F)cc1. The van der Waals surface area contributed by atoms with Crippen LogP contribution in [-0.4, -0.2) is 53.8 Å². The standard InChI is InChI=1S/C19H15F16NO/c1-3-8(2)9-4-6-10(7-5-9)36-12(37)14(24,25)16(28,29)18(32,33)19(34,35)17(30,31)15(26,27)13(22,23)11(20)21/h4-8,11H,3H2,1-2H3,(H,36,37). The predicted molar refractivity (Wildman–Crippen MR) is 94.4 cm³/mol. The molecule has 1 atom stereocenters. The molecule has 37 heavy (non-hydrogen) atoms. The van der Waals surface area contributed by atoms with Crippen molar-refractivity contribution in [1.82, 2.24) is 0 Å². The van der Waals surface area contributed by atoms with Gasteiger partial charge in [0.25, 0.3) is 0 Å². The molecule has 0 fully saturated rings. The first-order chi connectivity index (χ1) is 16.3. The highest BCUT2D eigenvalue weighted by molar-refractivity contribution is 5.97. The number of anilines is 1. The minimum absolute atomic E-state index is 0.159. The van der Waals surface area contributed by atoms with Crippen LogP contribution in [0.25, 0.3) is 0 Å². The molecule has 1 rings (SSSR count). The topological polar surface area (TPSA) is 29.1 Å². The number of amides is 1. The van der Waals surface area contributed by atoms with E-state index >= 15 is 0 Å². The van der Waals surface area contributed by atoms with Gasteiger partial charge < -0.3 is 5.32 Å². The lowest BCUT2D eigenvalue weighted by molar-refractivity contribution is -0.443. The monoisotopic (exact) mass is 577 g/mol. The third-order valence-corrected chi connectivity index (χ3v) is 5.30. The van der Waals surface area contributed by atoms with Crippen LogP contribution in [0, 0.1) is 0 Å². The predicted octanol–water partition coefficient (Wildman–Crippen LogP) is 7.85. The first kappa shape index (κ1) is 32.6. The van der Waals surface area contributed by atoms with Gasteiger partial charge in [-0.2, -0.15) is 61.5 Å². The third kappa shape index (κ3) is 4.79. The fourth-order valence-electron chi connectivity index (χ4n) is 2.62. The van der Waals surface area contributed by atoms with E-state index in [0.29, 0.717) is 12.0 Å². The quantitative estimate of drug-likeness (QED) is 0.267. The lowest BCUT2D eigenvalue weighted by Gasteiger charge is -2.42. The number of benzene rings is 1. The number of rotatable bonds is 11. The summed E-state index contributed by atoms with van der Waals surface area (Å²) in [5, 5.41) is 0.902. The molecule has 2 nitrogen and oxygen atoms in total. The fraction of sp³-hybridized carbons (Fsp3) is 0.632. The first-order valence-electron chi connectivity index (χ1n) is 9.63. The molecule has 1 aromatic carbocycles. The maximum Gasteiger partial charge on any atom is 0.393 e. The zero-order chi connectivity index (χ0) is 29.6. The summed E-state index contributed by atoms with van der Waals surface area (Å²) in [4.78, 5) is 11.6. The Morgan fingerprint density at radius 2 is 1.08 bits per heavy atom. The molecule has 0 radical (unpaired) electrons. The van der Waals surface area contributed by atoms with Crippen molar-refractivity contribution in [3.05, 3.63) is 29.8 Å². The molecule has 1 N–H and O–H groups in total. The van der Waals surface area contributed by atoms with E-state index in [1.54, 1.807) is 13.8 Å². The molecule has 1 amide bonds. The van der Waals surface area contributed by atoms with Gasteiger partial charge in [-0.05, 0) is 30.0 Å². The Hall–Kier alpha value is -2.43. The Morgan fingerprint density at radius 3 is 1.46 bits per heavy atom. The van der Waals surface area contributed by atoms with E-state index in [4.69, 9.17) is 0 Å². The molecule has 0 spiro atoms. The minimum atomic E-state index is -8.55. The first-order valence-corrected chi connectivity index (χ1v) is 9.63. The summed E-state index contributed by atoms with van der Waals surface area (Å²) in [5.41, 5.74) is -0.330. The summed E-state index contributed by atoms with van der Waals surface area (Å²) in [6.45, 7) is 3.38. The summed E-state index contributed by atoms with van der Waals surface area (Å²) in [6, 6.07) is 3.80. The molecule has 0 saturated heterocycles. The highest BCUT2D eigenvalue weighted by Gasteiger charge is 2.94. The van der Waals surface area contributed by atoms with Crippen LogP contribution in [0.2, 0.25) is 0 Å². The highest BCUT2D eigenvalue weighted by atomic mass is 19.4. The van der Waals surface area contributed by atoms with Crippen molar-refractivity contribution >= 4 is 11.6 Å². The van der Waals surface area contributed by atoms with Gasteiger partial charge in [-0.25, -0.2) is 8.78 Å². The minimum Gasteiger partial charge on any atom is -0.321 e. The Bertz CT molecular complexity index is 957. The molecule has 18 heteroatoms. The molecule has 214 valence electrons. The van der Waals surface area contributed by atoms with Crippen LogP contribution in [-0.2, 0) is 4.79 Å². The number of carbonyl (C=O) groups excluding carboxylic acids is 1. The highest BCUT2D eigenvalue weighted by Crippen LogP contribution is 2.62. The largest absolute Gasteiger partial charge is 0.393 e. The number of halogens is 16. The molecule has 1 unspecified atom stereocenters. The van der Waals surface area contributed by atoms with Crippen LogP contribution < -0.4 is 5.32 Å². The van der Waals surface area contributed by atoms with Gasteiger partial charge in [-0.3, -0.25) is 4.79 Å². The molecule has 0 aliphatic rings. The Balaban J connectivity index is 3.46. The smallest absolute Gasteiger partial charge is 0.321 e. The molecule has 0 aliphatic carbocycles.